The average molecular weight is 272 g/mol. The number of ether oxygens (including phenoxy) is 2. The summed E-state index contributed by atoms with van der Waals surface area (Å²) in [4.78, 5) is 11.4. The fraction of sp³-hybridized carbons (Fsp3) is 0.188. The van der Waals surface area contributed by atoms with Crippen molar-refractivity contribution in [3.8, 4) is 22.6 Å². The van der Waals surface area contributed by atoms with Crippen LogP contribution in [-0.2, 0) is 0 Å². The van der Waals surface area contributed by atoms with Crippen molar-refractivity contribution in [2.75, 3.05) is 14.2 Å². The molecule has 20 heavy (non-hydrogen) atoms. The number of carboxylic acid groups (broad SMARTS) is 1. The number of aryl methyl sites for hydroxylation is 1. The smallest absolute Gasteiger partial charge is 0.336 e. The molecule has 0 saturated heterocycles. The third-order valence-electron chi connectivity index (χ3n) is 3.18. The Morgan fingerprint density at radius 1 is 1.05 bits per heavy atom. The van der Waals surface area contributed by atoms with Crippen molar-refractivity contribution in [3.63, 3.8) is 0 Å². The zero-order chi connectivity index (χ0) is 14.7. The van der Waals surface area contributed by atoms with Crippen LogP contribution in [0.15, 0.2) is 36.4 Å². The molecule has 0 amide bonds. The van der Waals surface area contributed by atoms with Crippen molar-refractivity contribution in [1.82, 2.24) is 0 Å². The van der Waals surface area contributed by atoms with Gasteiger partial charge in [0.2, 0.25) is 0 Å². The molecule has 0 bridgehead atoms. The molecule has 4 nitrogen and oxygen atoms in total. The molecule has 0 aliphatic carbocycles. The van der Waals surface area contributed by atoms with Crippen LogP contribution < -0.4 is 9.47 Å². The van der Waals surface area contributed by atoms with E-state index < -0.39 is 5.97 Å². The van der Waals surface area contributed by atoms with E-state index in [0.29, 0.717) is 22.6 Å². The van der Waals surface area contributed by atoms with Crippen LogP contribution in [0.3, 0.4) is 0 Å². The summed E-state index contributed by atoms with van der Waals surface area (Å²) in [7, 11) is 3.11. The fourth-order valence-electron chi connectivity index (χ4n) is 2.20. The van der Waals surface area contributed by atoms with Crippen LogP contribution in [0.2, 0.25) is 0 Å². The lowest BCUT2D eigenvalue weighted by molar-refractivity contribution is 0.0697. The molecule has 2 aromatic carbocycles. The van der Waals surface area contributed by atoms with E-state index in [1.807, 2.05) is 12.1 Å². The van der Waals surface area contributed by atoms with Gasteiger partial charge in [-0.3, -0.25) is 0 Å². The zero-order valence-corrected chi connectivity index (χ0v) is 11.6. The second-order valence-electron chi connectivity index (χ2n) is 4.37. The topological polar surface area (TPSA) is 55.8 Å². The van der Waals surface area contributed by atoms with Gasteiger partial charge in [-0.2, -0.15) is 0 Å². The summed E-state index contributed by atoms with van der Waals surface area (Å²) in [5.74, 6) is 0.247. The van der Waals surface area contributed by atoms with Gasteiger partial charge in [0.05, 0.1) is 19.8 Å². The Balaban J connectivity index is 2.63. The maximum atomic E-state index is 11.4. The fourth-order valence-corrected chi connectivity index (χ4v) is 2.20. The molecule has 4 heteroatoms. The monoisotopic (exact) mass is 272 g/mol. The number of hydrogen-bond donors (Lipinski definition) is 1. The van der Waals surface area contributed by atoms with Gasteiger partial charge in [-0.15, -0.1) is 0 Å². The van der Waals surface area contributed by atoms with Crippen LogP contribution in [0.25, 0.3) is 11.1 Å². The van der Waals surface area contributed by atoms with E-state index in [2.05, 4.69) is 0 Å². The molecular formula is C16H16O4. The maximum absolute atomic E-state index is 11.4. The molecule has 2 aromatic rings. The Labute approximate surface area is 117 Å². The number of carboxylic acids is 1. The van der Waals surface area contributed by atoms with Gasteiger partial charge in [0.25, 0.3) is 0 Å². The molecule has 0 aliphatic rings. The first-order chi connectivity index (χ1) is 9.58. The number of benzene rings is 2. The molecule has 0 atom stereocenters. The number of aromatic carboxylic acids is 1. The second-order valence-corrected chi connectivity index (χ2v) is 4.37. The molecule has 104 valence electrons. The predicted octanol–water partition coefficient (Wildman–Crippen LogP) is 3.38. The lowest BCUT2D eigenvalue weighted by Gasteiger charge is -2.12. The molecular weight excluding hydrogens is 256 g/mol. The van der Waals surface area contributed by atoms with Crippen molar-refractivity contribution in [1.29, 1.82) is 0 Å². The van der Waals surface area contributed by atoms with Gasteiger partial charge in [-0.05, 0) is 35.7 Å². The molecule has 0 aliphatic heterocycles. The first-order valence-corrected chi connectivity index (χ1v) is 6.13. The van der Waals surface area contributed by atoms with E-state index in [1.54, 1.807) is 45.4 Å². The highest BCUT2D eigenvalue weighted by Gasteiger charge is 2.15. The molecule has 0 spiro atoms. The first kappa shape index (κ1) is 13.9. The van der Waals surface area contributed by atoms with E-state index in [0.717, 1.165) is 11.1 Å². The van der Waals surface area contributed by atoms with Gasteiger partial charge < -0.3 is 14.6 Å². The van der Waals surface area contributed by atoms with Crippen molar-refractivity contribution in [2.45, 2.75) is 6.92 Å². The Morgan fingerprint density at radius 2 is 1.75 bits per heavy atom. The molecule has 0 aromatic heterocycles. The number of methoxy groups -OCH3 is 2. The van der Waals surface area contributed by atoms with E-state index in [4.69, 9.17) is 9.47 Å². The minimum atomic E-state index is -0.937. The Hall–Kier alpha value is -2.49. The molecule has 0 unspecified atom stereocenters. The van der Waals surface area contributed by atoms with Gasteiger partial charge in [0.15, 0.2) is 11.5 Å². The highest BCUT2D eigenvalue weighted by atomic mass is 16.5. The van der Waals surface area contributed by atoms with Gasteiger partial charge in [-0.1, -0.05) is 24.3 Å². The summed E-state index contributed by atoms with van der Waals surface area (Å²) in [6.45, 7) is 1.79. The molecule has 0 saturated carbocycles. The van der Waals surface area contributed by atoms with Crippen molar-refractivity contribution < 1.29 is 19.4 Å². The van der Waals surface area contributed by atoms with Crippen molar-refractivity contribution >= 4 is 5.97 Å². The van der Waals surface area contributed by atoms with Crippen LogP contribution in [0, 0.1) is 6.92 Å². The van der Waals surface area contributed by atoms with Gasteiger partial charge in [0, 0.05) is 0 Å². The Bertz CT molecular complexity index is 647. The van der Waals surface area contributed by atoms with E-state index in [9.17, 15) is 9.90 Å². The summed E-state index contributed by atoms with van der Waals surface area (Å²) in [5.41, 5.74) is 2.48. The number of rotatable bonds is 4. The van der Waals surface area contributed by atoms with Gasteiger partial charge in [-0.25, -0.2) is 4.79 Å². The highest BCUT2D eigenvalue weighted by Crippen LogP contribution is 2.34. The summed E-state index contributed by atoms with van der Waals surface area (Å²) < 4.78 is 10.4. The van der Waals surface area contributed by atoms with Gasteiger partial charge >= 0.3 is 5.97 Å². The summed E-state index contributed by atoms with van der Waals surface area (Å²) >= 11 is 0. The number of carbonyl (C=O) groups is 1. The predicted molar refractivity (Wildman–Crippen MR) is 76.7 cm³/mol. The van der Waals surface area contributed by atoms with Crippen LogP contribution >= 0.6 is 0 Å². The first-order valence-electron chi connectivity index (χ1n) is 6.13. The summed E-state index contributed by atoms with van der Waals surface area (Å²) in [5, 5.41) is 9.38. The summed E-state index contributed by atoms with van der Waals surface area (Å²) in [6.07, 6.45) is 0. The third kappa shape index (κ3) is 2.45. The SMILES string of the molecule is COc1ccc(-c2cccc(C)c2C(=O)O)cc1OC. The molecule has 1 N–H and O–H groups in total. The van der Waals surface area contributed by atoms with Crippen LogP contribution in [0.5, 0.6) is 11.5 Å². The quantitative estimate of drug-likeness (QED) is 0.927. The van der Waals surface area contributed by atoms with Gasteiger partial charge in [0.1, 0.15) is 0 Å². The maximum Gasteiger partial charge on any atom is 0.336 e. The minimum absolute atomic E-state index is 0.305. The Morgan fingerprint density at radius 3 is 2.35 bits per heavy atom. The van der Waals surface area contributed by atoms with E-state index in [1.165, 1.54) is 0 Å². The van der Waals surface area contributed by atoms with Crippen LogP contribution in [-0.4, -0.2) is 25.3 Å². The second kappa shape index (κ2) is 5.65. The Kier molecular flexibility index (Phi) is 3.94. The van der Waals surface area contributed by atoms with Crippen LogP contribution in [0.4, 0.5) is 0 Å². The molecule has 0 radical (unpaired) electrons. The van der Waals surface area contributed by atoms with Crippen molar-refractivity contribution in [2.24, 2.45) is 0 Å². The molecule has 0 fully saturated rings. The van der Waals surface area contributed by atoms with Crippen molar-refractivity contribution in [3.05, 3.63) is 47.5 Å². The highest BCUT2D eigenvalue weighted by molar-refractivity contribution is 5.97. The standard InChI is InChI=1S/C16H16O4/c1-10-5-4-6-12(15(10)16(17)18)11-7-8-13(19-2)14(9-11)20-3/h4-9H,1-3H3,(H,17,18). The van der Waals surface area contributed by atoms with E-state index >= 15 is 0 Å². The lowest BCUT2D eigenvalue weighted by atomic mass is 9.96. The van der Waals surface area contributed by atoms with E-state index in [-0.39, 0.29) is 0 Å². The zero-order valence-electron chi connectivity index (χ0n) is 11.6. The average Bonchev–Trinajstić information content (AvgIpc) is 2.45. The largest absolute Gasteiger partial charge is 0.493 e. The third-order valence-corrected chi connectivity index (χ3v) is 3.18. The molecule has 2 rings (SSSR count). The normalized spacial score (nSPS) is 10.2. The lowest BCUT2D eigenvalue weighted by Crippen LogP contribution is -2.02. The minimum Gasteiger partial charge on any atom is -0.493 e. The van der Waals surface area contributed by atoms with Crippen LogP contribution in [0.1, 0.15) is 15.9 Å². The summed E-state index contributed by atoms with van der Waals surface area (Å²) in [6, 6.07) is 10.8. The number of hydrogen-bond acceptors (Lipinski definition) is 3. The molecule has 0 heterocycles.